The number of nitrogens with zero attached hydrogens (tertiary/aromatic N) is 2. The molecular weight excluding hydrogens is 342 g/mol. The maximum atomic E-state index is 13.6. The van der Waals surface area contributed by atoms with E-state index in [0.717, 1.165) is 24.2 Å². The summed E-state index contributed by atoms with van der Waals surface area (Å²) in [7, 11) is 0. The Hall–Kier alpha value is -2.70. The summed E-state index contributed by atoms with van der Waals surface area (Å²) in [6.07, 6.45) is 0.885. The van der Waals surface area contributed by atoms with Crippen LogP contribution < -0.4 is 5.56 Å². The second-order valence-electron chi connectivity index (χ2n) is 7.13. The summed E-state index contributed by atoms with van der Waals surface area (Å²) >= 11 is 0. The number of carbonyl (C=O) groups is 1. The van der Waals surface area contributed by atoms with Crippen LogP contribution in [-0.4, -0.2) is 33.6 Å². The van der Waals surface area contributed by atoms with Gasteiger partial charge in [0.05, 0.1) is 0 Å². The number of halogens is 2. The van der Waals surface area contributed by atoms with Crippen LogP contribution in [0.15, 0.2) is 29.1 Å². The van der Waals surface area contributed by atoms with Crippen molar-refractivity contribution in [2.24, 2.45) is 5.92 Å². The molecular formula is C19H18F2N2O3. The van der Waals surface area contributed by atoms with Gasteiger partial charge in [-0.15, -0.1) is 0 Å². The monoisotopic (exact) mass is 360 g/mol. The highest BCUT2D eigenvalue weighted by Crippen LogP contribution is 2.37. The highest BCUT2D eigenvalue weighted by atomic mass is 19.2. The van der Waals surface area contributed by atoms with Crippen LogP contribution in [0.25, 0.3) is 11.1 Å². The standard InChI is InChI=1S/C19H18F2N2O3/c1-10(24)22-7-11-2-14(9-22)16-4-13(6-18(26)23(16)8-11)12-3-15(20)19(21)17(25)5-12/h3-6,11,14,25H,2,7-9H2,1H3/t11-,14+/m0/s1. The lowest BCUT2D eigenvalue weighted by Gasteiger charge is -2.42. The van der Waals surface area contributed by atoms with Gasteiger partial charge in [0, 0.05) is 44.2 Å². The van der Waals surface area contributed by atoms with Gasteiger partial charge in [0.1, 0.15) is 0 Å². The molecule has 1 fully saturated rings. The SMILES string of the molecule is CC(=O)N1C[C@@H]2C[C@H](C1)c1cc(-c3cc(O)c(F)c(F)c3)cc(=O)n1C2. The third kappa shape index (κ3) is 2.67. The maximum Gasteiger partial charge on any atom is 0.251 e. The first-order chi connectivity index (χ1) is 12.3. The molecule has 136 valence electrons. The fraction of sp³-hybridized carbons (Fsp3) is 0.368. The molecule has 5 nitrogen and oxygen atoms in total. The van der Waals surface area contributed by atoms with Gasteiger partial charge >= 0.3 is 0 Å². The van der Waals surface area contributed by atoms with Crippen LogP contribution in [0.4, 0.5) is 8.78 Å². The smallest absolute Gasteiger partial charge is 0.251 e. The summed E-state index contributed by atoms with van der Waals surface area (Å²) in [5.74, 6) is -3.00. The van der Waals surface area contributed by atoms with Gasteiger partial charge in [-0.2, -0.15) is 4.39 Å². The average Bonchev–Trinajstić information content (AvgIpc) is 2.59. The lowest BCUT2D eigenvalue weighted by atomic mass is 9.82. The third-order valence-corrected chi connectivity index (χ3v) is 5.34. The van der Waals surface area contributed by atoms with E-state index in [9.17, 15) is 23.5 Å². The molecule has 3 heterocycles. The number of carbonyl (C=O) groups excluding carboxylic acids is 1. The summed E-state index contributed by atoms with van der Waals surface area (Å²) in [5.41, 5.74) is 1.24. The van der Waals surface area contributed by atoms with Gasteiger partial charge in [-0.05, 0) is 41.7 Å². The fourth-order valence-electron chi connectivity index (χ4n) is 4.12. The predicted molar refractivity (Wildman–Crippen MR) is 90.8 cm³/mol. The van der Waals surface area contributed by atoms with E-state index in [4.69, 9.17) is 0 Å². The molecule has 2 aliphatic heterocycles. The molecule has 1 aromatic carbocycles. The molecule has 7 heteroatoms. The Balaban J connectivity index is 1.80. The molecule has 26 heavy (non-hydrogen) atoms. The van der Waals surface area contributed by atoms with Gasteiger partial charge in [-0.25, -0.2) is 4.39 Å². The Morgan fingerprint density at radius 3 is 2.54 bits per heavy atom. The van der Waals surface area contributed by atoms with Crippen molar-refractivity contribution in [3.05, 3.63) is 51.9 Å². The van der Waals surface area contributed by atoms with Gasteiger partial charge < -0.3 is 14.6 Å². The van der Waals surface area contributed by atoms with Crippen LogP contribution >= 0.6 is 0 Å². The number of likely N-dealkylation sites (tertiary alicyclic amines) is 1. The second-order valence-corrected chi connectivity index (χ2v) is 7.13. The van der Waals surface area contributed by atoms with E-state index < -0.39 is 17.4 Å². The van der Waals surface area contributed by atoms with Crippen LogP contribution in [0, 0.1) is 17.6 Å². The van der Waals surface area contributed by atoms with Gasteiger partial charge in [-0.3, -0.25) is 9.59 Å². The van der Waals surface area contributed by atoms with E-state index in [-0.39, 0.29) is 28.9 Å². The minimum atomic E-state index is -1.31. The highest BCUT2D eigenvalue weighted by Gasteiger charge is 2.35. The number of pyridine rings is 1. The lowest BCUT2D eigenvalue weighted by molar-refractivity contribution is -0.131. The Morgan fingerprint density at radius 2 is 1.85 bits per heavy atom. The Morgan fingerprint density at radius 1 is 1.12 bits per heavy atom. The summed E-state index contributed by atoms with van der Waals surface area (Å²) < 4.78 is 28.7. The summed E-state index contributed by atoms with van der Waals surface area (Å²) in [6, 6.07) is 5.23. The largest absolute Gasteiger partial charge is 0.505 e. The van der Waals surface area contributed by atoms with Crippen molar-refractivity contribution < 1.29 is 18.7 Å². The number of hydrogen-bond acceptors (Lipinski definition) is 3. The molecule has 2 atom stereocenters. The molecule has 1 N–H and O–H groups in total. The van der Waals surface area contributed by atoms with Crippen LogP contribution in [0.3, 0.4) is 0 Å². The Kier molecular flexibility index (Phi) is 3.82. The quantitative estimate of drug-likeness (QED) is 0.850. The minimum absolute atomic E-state index is 0.0113. The van der Waals surface area contributed by atoms with Crippen LogP contribution in [0.2, 0.25) is 0 Å². The number of aromatic nitrogens is 1. The number of aromatic hydroxyl groups is 1. The van der Waals surface area contributed by atoms with Gasteiger partial charge in [0.25, 0.3) is 5.56 Å². The molecule has 0 unspecified atom stereocenters. The molecule has 0 radical (unpaired) electrons. The normalized spacial score (nSPS) is 21.4. The zero-order chi connectivity index (χ0) is 18.6. The molecule has 2 aromatic rings. The molecule has 0 spiro atoms. The molecule has 0 saturated carbocycles. The maximum absolute atomic E-state index is 13.6. The van der Waals surface area contributed by atoms with Gasteiger partial charge in [-0.1, -0.05) is 0 Å². The number of hydrogen-bond donors (Lipinski definition) is 1. The number of rotatable bonds is 1. The molecule has 2 aliphatic rings. The first-order valence-corrected chi connectivity index (χ1v) is 8.52. The number of phenolic OH excluding ortho intramolecular Hbond substituents is 1. The lowest BCUT2D eigenvalue weighted by Crippen LogP contribution is -2.48. The van der Waals surface area contributed by atoms with Gasteiger partial charge in [0.2, 0.25) is 5.91 Å². The Labute approximate surface area is 148 Å². The number of amides is 1. The van der Waals surface area contributed by atoms with E-state index in [1.54, 1.807) is 15.5 Å². The minimum Gasteiger partial charge on any atom is -0.505 e. The summed E-state index contributed by atoms with van der Waals surface area (Å²) in [5, 5.41) is 9.55. The van der Waals surface area contributed by atoms with E-state index in [1.165, 1.54) is 13.0 Å². The van der Waals surface area contributed by atoms with Crippen LogP contribution in [0.1, 0.15) is 25.0 Å². The molecule has 0 aliphatic carbocycles. The van der Waals surface area contributed by atoms with Crippen LogP contribution in [-0.2, 0) is 11.3 Å². The van der Waals surface area contributed by atoms with E-state index in [1.807, 2.05) is 0 Å². The zero-order valence-corrected chi connectivity index (χ0v) is 14.2. The summed E-state index contributed by atoms with van der Waals surface area (Å²) in [4.78, 5) is 26.1. The zero-order valence-electron chi connectivity index (χ0n) is 14.2. The first-order valence-electron chi connectivity index (χ1n) is 8.52. The molecule has 1 saturated heterocycles. The number of fused-ring (bicyclic) bond motifs is 4. The van der Waals surface area contributed by atoms with E-state index in [0.29, 0.717) is 25.2 Å². The fourth-order valence-corrected chi connectivity index (χ4v) is 4.12. The first kappa shape index (κ1) is 16.8. The third-order valence-electron chi connectivity index (χ3n) is 5.34. The van der Waals surface area contributed by atoms with Crippen molar-refractivity contribution in [1.29, 1.82) is 0 Å². The number of piperidine rings is 1. The topological polar surface area (TPSA) is 62.5 Å². The second kappa shape index (κ2) is 5.93. The predicted octanol–water partition coefficient (Wildman–Crippen LogP) is 2.46. The molecule has 1 aromatic heterocycles. The summed E-state index contributed by atoms with van der Waals surface area (Å²) in [6.45, 7) is 3.26. The van der Waals surface area contributed by atoms with Crippen LogP contribution in [0.5, 0.6) is 5.75 Å². The van der Waals surface area contributed by atoms with Crippen molar-refractivity contribution in [3.8, 4) is 16.9 Å². The van der Waals surface area contributed by atoms with Crippen molar-refractivity contribution in [1.82, 2.24) is 9.47 Å². The molecule has 1 amide bonds. The van der Waals surface area contributed by atoms with Crippen molar-refractivity contribution >= 4 is 5.91 Å². The van der Waals surface area contributed by atoms with Crippen molar-refractivity contribution in [2.45, 2.75) is 25.8 Å². The number of benzene rings is 1. The van der Waals surface area contributed by atoms with Crippen molar-refractivity contribution in [2.75, 3.05) is 13.1 Å². The molecule has 4 rings (SSSR count). The molecule has 2 bridgehead atoms. The van der Waals surface area contributed by atoms with E-state index >= 15 is 0 Å². The highest BCUT2D eigenvalue weighted by molar-refractivity contribution is 5.73. The van der Waals surface area contributed by atoms with Crippen molar-refractivity contribution in [3.63, 3.8) is 0 Å². The Bertz CT molecular complexity index is 947. The number of phenols is 1. The van der Waals surface area contributed by atoms with E-state index in [2.05, 4.69) is 0 Å². The average molecular weight is 360 g/mol. The van der Waals surface area contributed by atoms with Gasteiger partial charge in [0.15, 0.2) is 17.4 Å².